The first-order valence-corrected chi connectivity index (χ1v) is 41.8. The monoisotopic (exact) mass is 1780 g/mol. The molecule has 1 amide bonds. The van der Waals surface area contributed by atoms with Crippen molar-refractivity contribution in [2.24, 2.45) is 0 Å². The third-order valence-corrected chi connectivity index (χ3v) is 21.7. The van der Waals surface area contributed by atoms with Crippen molar-refractivity contribution in [2.75, 3.05) is 7.11 Å². The molecule has 0 aliphatic heterocycles. The smallest absolute Gasteiger partial charge is 0.332 e. The lowest BCUT2D eigenvalue weighted by atomic mass is 10.1. The van der Waals surface area contributed by atoms with Crippen molar-refractivity contribution in [1.29, 1.82) is 0 Å². The summed E-state index contributed by atoms with van der Waals surface area (Å²) in [7, 11) is 1.23. The van der Waals surface area contributed by atoms with Crippen LogP contribution in [0.1, 0.15) is 85.6 Å². The molecule has 15 rings (SSSR count). The Morgan fingerprint density at radius 3 is 1.13 bits per heavy atom. The first-order valence-electron chi connectivity index (χ1n) is 40.2. The lowest BCUT2D eigenvalue weighted by Crippen LogP contribution is -2.27. The van der Waals surface area contributed by atoms with Gasteiger partial charge in [0.25, 0.3) is 22.6 Å². The van der Waals surface area contributed by atoms with Crippen molar-refractivity contribution in [3.8, 4) is 67.6 Å². The largest absolute Gasteiger partial charge is 0.485 e. The SMILES string of the molecule is C.COC(=O)/C=C(\C)NC(=O)c1cccc(F)c1OCc1ccccc1.Cc1cc(=O)n(CCc2ccccc2)c(-c2cccc(F)c2OCc2ccccc2)n1.Cc1ccc(-c2c(C)nc(-c3cccc(F)c3OCc3ccccc3)n(CCc3ccccc3)c2=O)s1.Cc1nc(-c2cccc(F)c2OCc2ccccc2)n(CCc2ccccc2)c(=O)c1Br. The number of nitrogens with one attached hydrogen (secondary N) is 1. The fourth-order valence-electron chi connectivity index (χ4n) is 13.4. The molecule has 0 fully saturated rings. The van der Waals surface area contributed by atoms with E-state index in [0.29, 0.717) is 100 Å². The van der Waals surface area contributed by atoms with Gasteiger partial charge in [0.15, 0.2) is 46.3 Å². The van der Waals surface area contributed by atoms with Gasteiger partial charge in [-0.1, -0.05) is 244 Å². The minimum Gasteiger partial charge on any atom is -0.485 e. The summed E-state index contributed by atoms with van der Waals surface area (Å²) in [4.78, 5) is 79.6. The minimum absolute atomic E-state index is 0. The maximum absolute atomic E-state index is 15.1. The molecule has 1 N–H and O–H groups in total. The minimum atomic E-state index is -0.641. The maximum Gasteiger partial charge on any atom is 0.332 e. The number of allylic oxidation sites excluding steroid dienone is 1. The molecule has 4 aromatic heterocycles. The number of nitrogens with zero attached hydrogens (tertiary/aromatic N) is 6. The van der Waals surface area contributed by atoms with E-state index in [1.807, 2.05) is 238 Å². The van der Waals surface area contributed by atoms with E-state index < -0.39 is 35.1 Å². The lowest BCUT2D eigenvalue weighted by Gasteiger charge is -2.18. The topological polar surface area (TPSA) is 197 Å². The van der Waals surface area contributed by atoms with E-state index in [4.69, 9.17) is 23.9 Å². The van der Waals surface area contributed by atoms with E-state index in [-0.39, 0.29) is 84.8 Å². The molecule has 642 valence electrons. The quantitative estimate of drug-likeness (QED) is 0.0276. The van der Waals surface area contributed by atoms with E-state index >= 15 is 4.39 Å². The zero-order chi connectivity index (χ0) is 88.1. The Hall–Kier alpha value is -14.2. The molecule has 0 unspecified atom stereocenters. The predicted octanol–water partition coefficient (Wildman–Crippen LogP) is 22.2. The molecule has 0 spiro atoms. The Morgan fingerprint density at radius 1 is 0.413 bits per heavy atom. The summed E-state index contributed by atoms with van der Waals surface area (Å²) in [5, 5.41) is 2.50. The van der Waals surface area contributed by atoms with Crippen molar-refractivity contribution in [2.45, 2.75) is 107 Å². The highest BCUT2D eigenvalue weighted by atomic mass is 79.9. The molecule has 15 aromatic rings. The van der Waals surface area contributed by atoms with Crippen LogP contribution in [-0.2, 0) is 74.9 Å². The number of aromatic nitrogens is 6. The summed E-state index contributed by atoms with van der Waals surface area (Å²) >= 11 is 4.92. The number of esters is 1. The molecule has 0 saturated heterocycles. The average molecular weight is 1780 g/mol. The Balaban J connectivity index is 0.000000164. The van der Waals surface area contributed by atoms with Crippen molar-refractivity contribution in [3.63, 3.8) is 0 Å². The molecule has 126 heavy (non-hydrogen) atoms. The maximum atomic E-state index is 15.1. The van der Waals surface area contributed by atoms with Crippen molar-refractivity contribution < 1.29 is 50.8 Å². The van der Waals surface area contributed by atoms with Gasteiger partial charge in [-0.05, 0) is 169 Å². The van der Waals surface area contributed by atoms with Crippen LogP contribution >= 0.6 is 27.3 Å². The fraction of sp³-hybridized carbons (Fsp3) is 0.165. The van der Waals surface area contributed by atoms with Gasteiger partial charge < -0.3 is 29.0 Å². The summed E-state index contributed by atoms with van der Waals surface area (Å²) in [6, 6.07) is 91.5. The van der Waals surface area contributed by atoms with E-state index in [1.54, 1.807) is 75.3 Å². The summed E-state index contributed by atoms with van der Waals surface area (Å²) < 4.78 is 91.9. The van der Waals surface area contributed by atoms with Crippen LogP contribution in [0.25, 0.3) is 44.6 Å². The number of hydrogen-bond donors (Lipinski definition) is 1. The van der Waals surface area contributed by atoms with Gasteiger partial charge in [-0.25, -0.2) is 37.3 Å². The number of hydrogen-bond acceptors (Lipinski definition) is 14. The Labute approximate surface area is 741 Å². The number of rotatable bonds is 28. The van der Waals surface area contributed by atoms with Crippen LogP contribution in [0, 0.1) is 51.0 Å². The highest BCUT2D eigenvalue weighted by Gasteiger charge is 2.26. The van der Waals surface area contributed by atoms with Gasteiger partial charge >= 0.3 is 5.97 Å². The summed E-state index contributed by atoms with van der Waals surface area (Å²) in [5.41, 5.74) is 10.4. The van der Waals surface area contributed by atoms with Gasteiger partial charge in [0.2, 0.25) is 0 Å². The second-order valence-electron chi connectivity index (χ2n) is 28.8. The first kappa shape index (κ1) is 92.6. The predicted molar refractivity (Wildman–Crippen MR) is 492 cm³/mol. The number of ether oxygens (including phenoxy) is 5. The second-order valence-corrected chi connectivity index (χ2v) is 30.9. The molecule has 17 nitrogen and oxygen atoms in total. The number of aryl methyl sites for hydroxylation is 7. The normalized spacial score (nSPS) is 10.8. The second kappa shape index (κ2) is 45.8. The van der Waals surface area contributed by atoms with Crippen molar-refractivity contribution in [1.82, 2.24) is 34.0 Å². The Bertz CT molecular complexity index is 6390. The third-order valence-electron chi connectivity index (χ3n) is 19.7. The van der Waals surface area contributed by atoms with E-state index in [1.165, 1.54) is 56.5 Å². The fourth-order valence-corrected chi connectivity index (χ4v) is 14.7. The summed E-state index contributed by atoms with van der Waals surface area (Å²) in [5.74, 6) is -1.99. The van der Waals surface area contributed by atoms with Crippen LogP contribution in [0.4, 0.5) is 17.6 Å². The van der Waals surface area contributed by atoms with Gasteiger partial charge in [0.1, 0.15) is 48.4 Å². The molecule has 4 heterocycles. The average Bonchev–Trinajstić information content (AvgIpc) is 1.11. The standard InChI is InChI=1S/C31H27FN2O2S.C26H22BrFN2O2.C26H23FN2O2.C19H18FNO4.CH4/c1-21-16-17-27(37-21)28-22(2)33-30(34(31(28)35)19-18-23-10-5-3-6-11-23)25-14-9-15-26(32)29(25)36-20-24-12-7-4-8-13-24;1-18-23(27)26(31)30(16-15-19-9-4-2-5-10-19)25(29-18)21-13-8-14-22(28)24(21)32-17-20-11-6-3-7-12-20;1-19-17-24(30)29(16-15-20-9-4-2-5-10-20)26(28-19)22-13-8-14-23(27)25(22)31-18-21-11-6-3-7-12-21;1-13(11-17(22)24-2)21-19(23)15-9-6-10-16(20)18(15)25-12-14-7-4-3-5-8-14;/h3-17H,18-20H2,1-2H3;2-14H,15-17H2,1H3;2-14,17H,15-16,18H2,1H3;3-11H,12H2,1-2H3,(H,21,23);1H4/b;;;13-11+;. The Kier molecular flexibility index (Phi) is 33.7. The first-order chi connectivity index (χ1) is 60.7. The number of benzene rings is 11. The van der Waals surface area contributed by atoms with E-state index in [2.05, 4.69) is 36.0 Å². The number of carbonyl (C=O) groups is 2. The highest BCUT2D eigenvalue weighted by molar-refractivity contribution is 9.10. The van der Waals surface area contributed by atoms with Crippen LogP contribution in [-0.4, -0.2) is 47.6 Å². The molecule has 23 heteroatoms. The number of thiophene rings is 1. The highest BCUT2D eigenvalue weighted by Crippen LogP contribution is 2.38. The van der Waals surface area contributed by atoms with Gasteiger partial charge in [-0.3, -0.25) is 32.9 Å². The van der Waals surface area contributed by atoms with Gasteiger partial charge in [-0.15, -0.1) is 11.3 Å². The number of amides is 1. The van der Waals surface area contributed by atoms with Crippen molar-refractivity contribution >= 4 is 39.1 Å². The molecule has 0 aliphatic rings. The molecule has 0 saturated carbocycles. The zero-order valence-electron chi connectivity index (χ0n) is 69.6. The molecular weight excluding hydrogens is 1680 g/mol. The number of methoxy groups -OCH3 is 1. The molecule has 0 radical (unpaired) electrons. The molecular formula is C103H94BrF4N7O10S. The Morgan fingerprint density at radius 2 is 0.754 bits per heavy atom. The van der Waals surface area contributed by atoms with E-state index in [0.717, 1.165) is 54.8 Å². The van der Waals surface area contributed by atoms with Crippen LogP contribution < -0.4 is 40.9 Å². The van der Waals surface area contributed by atoms with Gasteiger partial charge in [0.05, 0.1) is 46.3 Å². The number of carbonyl (C=O) groups excluding carboxylic acids is 2. The van der Waals surface area contributed by atoms with Gasteiger partial charge in [-0.2, -0.15) is 0 Å². The lowest BCUT2D eigenvalue weighted by molar-refractivity contribution is -0.134. The molecule has 11 aromatic carbocycles. The van der Waals surface area contributed by atoms with Crippen LogP contribution in [0.2, 0.25) is 0 Å². The third kappa shape index (κ3) is 25.1. The molecule has 0 bridgehead atoms. The van der Waals surface area contributed by atoms with Crippen molar-refractivity contribution in [3.05, 3.63) is 440 Å². The molecule has 0 aliphatic carbocycles. The number of para-hydroxylation sites is 4. The summed E-state index contributed by atoms with van der Waals surface area (Å²) in [6.45, 7) is 10.9. The van der Waals surface area contributed by atoms with E-state index in [9.17, 15) is 37.1 Å². The molecule has 0 atom stereocenters. The summed E-state index contributed by atoms with van der Waals surface area (Å²) in [6.07, 6.45) is 3.06. The van der Waals surface area contributed by atoms with Gasteiger partial charge in [0, 0.05) is 52.9 Å². The van der Waals surface area contributed by atoms with Crippen LogP contribution in [0.3, 0.4) is 0 Å². The van der Waals surface area contributed by atoms with Crippen LogP contribution in [0.5, 0.6) is 23.0 Å². The zero-order valence-corrected chi connectivity index (χ0v) is 72.0. The van der Waals surface area contributed by atoms with Crippen LogP contribution in [0.15, 0.2) is 334 Å². The number of halogens is 5.